The molecule has 0 atom stereocenters. The number of nitrogens with one attached hydrogen (secondary N) is 2. The van der Waals surface area contributed by atoms with Crippen molar-refractivity contribution < 1.29 is 0 Å². The molecule has 0 saturated carbocycles. The monoisotopic (exact) mass is 268 g/mol. The molecule has 4 rings (SSSR count). The molecule has 0 aliphatic heterocycles. The van der Waals surface area contributed by atoms with Gasteiger partial charge in [-0.05, 0) is 23.7 Å². The summed E-state index contributed by atoms with van der Waals surface area (Å²) >= 11 is 1.35. The average Bonchev–Trinajstić information content (AvgIpc) is 3.18. The summed E-state index contributed by atoms with van der Waals surface area (Å²) in [5, 5.41) is 1.85. The maximum atomic E-state index is 4.53. The van der Waals surface area contributed by atoms with E-state index in [0.717, 1.165) is 27.3 Å². The minimum Gasteiger partial charge on any atom is -0.345 e. The minimum absolute atomic E-state index is 0.703. The molecule has 4 heterocycles. The lowest BCUT2D eigenvalue weighted by Gasteiger charge is -1.91. The minimum atomic E-state index is 0.703. The topological polar surface area (TPSA) is 83.1 Å². The predicted molar refractivity (Wildman–Crippen MR) is 72.6 cm³/mol. The molecule has 0 saturated heterocycles. The first-order valence-corrected chi connectivity index (χ1v) is 6.44. The van der Waals surface area contributed by atoms with Gasteiger partial charge >= 0.3 is 0 Å². The zero-order valence-corrected chi connectivity index (χ0v) is 10.5. The van der Waals surface area contributed by atoms with E-state index in [1.165, 1.54) is 11.5 Å². The van der Waals surface area contributed by atoms with Gasteiger partial charge in [0.25, 0.3) is 0 Å². The standard InChI is InChI=1S/C12H8N6S/c1-2-7-8(4-15-10(7)14-3-1)11-17-12(19-18-11)9-5-13-6-16-9/h1-6H,(H,13,16)(H,14,15). The molecule has 6 nitrogen and oxygen atoms in total. The van der Waals surface area contributed by atoms with Crippen LogP contribution in [0.1, 0.15) is 0 Å². The van der Waals surface area contributed by atoms with E-state index in [1.54, 1.807) is 18.7 Å². The molecule has 0 unspecified atom stereocenters. The number of H-pyrrole nitrogens is 2. The van der Waals surface area contributed by atoms with Crippen molar-refractivity contribution >= 4 is 22.6 Å². The third-order valence-electron chi connectivity index (χ3n) is 2.85. The number of fused-ring (bicyclic) bond motifs is 1. The Labute approximate surface area is 111 Å². The molecule has 0 spiro atoms. The van der Waals surface area contributed by atoms with E-state index in [-0.39, 0.29) is 0 Å². The summed E-state index contributed by atoms with van der Waals surface area (Å²) in [7, 11) is 0. The van der Waals surface area contributed by atoms with Gasteiger partial charge in [-0.3, -0.25) is 0 Å². The molecular formula is C12H8N6S. The molecule has 92 valence electrons. The van der Waals surface area contributed by atoms with Gasteiger partial charge in [-0.25, -0.2) is 15.0 Å². The SMILES string of the molecule is c1cnc2[nH]cc(-c3nsc(-c4cnc[nH]4)n3)c2c1. The molecule has 4 aromatic heterocycles. The summed E-state index contributed by atoms with van der Waals surface area (Å²) in [6.45, 7) is 0. The number of hydrogen-bond acceptors (Lipinski definition) is 5. The molecule has 19 heavy (non-hydrogen) atoms. The van der Waals surface area contributed by atoms with Crippen molar-refractivity contribution in [1.29, 1.82) is 0 Å². The van der Waals surface area contributed by atoms with Crippen molar-refractivity contribution in [2.24, 2.45) is 0 Å². The van der Waals surface area contributed by atoms with Gasteiger partial charge in [0.2, 0.25) is 0 Å². The molecule has 2 N–H and O–H groups in total. The van der Waals surface area contributed by atoms with E-state index in [9.17, 15) is 0 Å². The second-order valence-electron chi connectivity index (χ2n) is 3.99. The summed E-state index contributed by atoms with van der Waals surface area (Å²) < 4.78 is 4.40. The van der Waals surface area contributed by atoms with E-state index >= 15 is 0 Å². The first-order chi connectivity index (χ1) is 9.42. The van der Waals surface area contributed by atoms with E-state index in [4.69, 9.17) is 0 Å². The van der Waals surface area contributed by atoms with Gasteiger partial charge in [0.05, 0.1) is 18.2 Å². The first-order valence-electron chi connectivity index (χ1n) is 5.67. The van der Waals surface area contributed by atoms with E-state index in [1.807, 2.05) is 18.3 Å². The number of nitrogens with zero attached hydrogens (tertiary/aromatic N) is 4. The molecule has 0 radical (unpaired) electrons. The second kappa shape index (κ2) is 3.99. The lowest BCUT2D eigenvalue weighted by atomic mass is 10.2. The fraction of sp³-hybridized carbons (Fsp3) is 0. The van der Waals surface area contributed by atoms with Crippen LogP contribution in [0.2, 0.25) is 0 Å². The van der Waals surface area contributed by atoms with Crippen LogP contribution in [0.4, 0.5) is 0 Å². The highest BCUT2D eigenvalue weighted by Crippen LogP contribution is 2.28. The third kappa shape index (κ3) is 1.63. The van der Waals surface area contributed by atoms with Gasteiger partial charge in [-0.1, -0.05) is 0 Å². The Bertz CT molecular complexity index is 829. The highest BCUT2D eigenvalue weighted by atomic mass is 32.1. The van der Waals surface area contributed by atoms with Crippen LogP contribution in [0.15, 0.2) is 37.1 Å². The fourth-order valence-corrected chi connectivity index (χ4v) is 2.61. The smallest absolute Gasteiger partial charge is 0.175 e. The molecule has 0 fully saturated rings. The van der Waals surface area contributed by atoms with Gasteiger partial charge < -0.3 is 9.97 Å². The number of aromatic amines is 2. The highest BCUT2D eigenvalue weighted by Gasteiger charge is 2.13. The molecule has 0 amide bonds. The summed E-state index contributed by atoms with van der Waals surface area (Å²) in [6, 6.07) is 3.91. The fourth-order valence-electron chi connectivity index (χ4n) is 1.96. The Morgan fingerprint density at radius 1 is 1.21 bits per heavy atom. The van der Waals surface area contributed by atoms with Crippen molar-refractivity contribution in [3.63, 3.8) is 0 Å². The molecule has 0 bridgehead atoms. The lowest BCUT2D eigenvalue weighted by molar-refractivity contribution is 1.29. The third-order valence-corrected chi connectivity index (χ3v) is 3.60. The number of rotatable bonds is 2. The summed E-state index contributed by atoms with van der Waals surface area (Å²) in [5.41, 5.74) is 2.68. The Balaban J connectivity index is 1.85. The molecule has 7 heteroatoms. The Morgan fingerprint density at radius 3 is 3.11 bits per heavy atom. The van der Waals surface area contributed by atoms with E-state index < -0.39 is 0 Å². The number of hydrogen-bond donors (Lipinski definition) is 2. The predicted octanol–water partition coefficient (Wildman–Crippen LogP) is 2.47. The van der Waals surface area contributed by atoms with Crippen LogP contribution in [0.5, 0.6) is 0 Å². The quantitative estimate of drug-likeness (QED) is 0.585. The second-order valence-corrected chi connectivity index (χ2v) is 4.74. The maximum absolute atomic E-state index is 4.53. The van der Waals surface area contributed by atoms with Gasteiger partial charge in [0.15, 0.2) is 10.8 Å². The largest absolute Gasteiger partial charge is 0.345 e. The van der Waals surface area contributed by atoms with Crippen molar-refractivity contribution in [2.45, 2.75) is 0 Å². The molecule has 0 aliphatic carbocycles. The lowest BCUT2D eigenvalue weighted by Crippen LogP contribution is -1.80. The van der Waals surface area contributed by atoms with Crippen LogP contribution in [0.3, 0.4) is 0 Å². The highest BCUT2D eigenvalue weighted by molar-refractivity contribution is 7.09. The van der Waals surface area contributed by atoms with Crippen molar-refractivity contribution in [2.75, 3.05) is 0 Å². The van der Waals surface area contributed by atoms with E-state index in [2.05, 4.69) is 29.3 Å². The number of imidazole rings is 1. The maximum Gasteiger partial charge on any atom is 0.175 e. The molecular weight excluding hydrogens is 260 g/mol. The normalized spacial score (nSPS) is 11.2. The van der Waals surface area contributed by atoms with Crippen LogP contribution in [0.25, 0.3) is 33.1 Å². The molecule has 4 aromatic rings. The van der Waals surface area contributed by atoms with Gasteiger partial charge in [-0.15, -0.1) is 0 Å². The van der Waals surface area contributed by atoms with Crippen molar-refractivity contribution in [1.82, 2.24) is 29.3 Å². The zero-order chi connectivity index (χ0) is 12.7. The summed E-state index contributed by atoms with van der Waals surface area (Å²) in [5.74, 6) is 0.703. The van der Waals surface area contributed by atoms with Crippen LogP contribution in [0, 0.1) is 0 Å². The van der Waals surface area contributed by atoms with Crippen molar-refractivity contribution in [3.8, 4) is 22.1 Å². The number of pyridine rings is 1. The van der Waals surface area contributed by atoms with Gasteiger partial charge in [0.1, 0.15) is 5.65 Å². The van der Waals surface area contributed by atoms with E-state index in [0.29, 0.717) is 5.82 Å². The Kier molecular flexibility index (Phi) is 2.18. The molecule has 0 aromatic carbocycles. The zero-order valence-electron chi connectivity index (χ0n) is 9.66. The summed E-state index contributed by atoms with van der Waals surface area (Å²) in [6.07, 6.45) is 7.01. The summed E-state index contributed by atoms with van der Waals surface area (Å²) in [4.78, 5) is 18.9. The van der Waals surface area contributed by atoms with Crippen LogP contribution in [-0.4, -0.2) is 29.3 Å². The first kappa shape index (κ1) is 10.4. The Hall–Kier alpha value is -2.54. The van der Waals surface area contributed by atoms with Gasteiger partial charge in [0, 0.05) is 23.3 Å². The number of aromatic nitrogens is 6. The van der Waals surface area contributed by atoms with Crippen molar-refractivity contribution in [3.05, 3.63) is 37.1 Å². The van der Waals surface area contributed by atoms with Crippen LogP contribution < -0.4 is 0 Å². The Morgan fingerprint density at radius 2 is 2.21 bits per heavy atom. The van der Waals surface area contributed by atoms with Gasteiger partial charge in [-0.2, -0.15) is 4.37 Å². The average molecular weight is 268 g/mol. The van der Waals surface area contributed by atoms with Crippen LogP contribution >= 0.6 is 11.5 Å². The van der Waals surface area contributed by atoms with Crippen LogP contribution in [-0.2, 0) is 0 Å². The molecule has 0 aliphatic rings.